The van der Waals surface area contributed by atoms with E-state index in [1.807, 2.05) is 50.2 Å². The molecule has 0 fully saturated rings. The first kappa shape index (κ1) is 9.41. The lowest BCUT2D eigenvalue weighted by Crippen LogP contribution is -2.01. The lowest BCUT2D eigenvalue weighted by Gasteiger charge is -2.13. The molecule has 0 aliphatic carbocycles. The molecule has 3 aromatic carbocycles. The Morgan fingerprint density at radius 1 is 0.913 bits per heavy atom. The first-order valence-corrected chi connectivity index (χ1v) is 7.58. The summed E-state index contributed by atoms with van der Waals surface area (Å²) in [5.41, 5.74) is 2.43. The number of aromatic nitrogens is 2. The molecule has 0 saturated heterocycles. The Balaban J connectivity index is 2.14. The molecule has 0 bridgehead atoms. The summed E-state index contributed by atoms with van der Waals surface area (Å²) >= 11 is 0. The van der Waals surface area contributed by atoms with Gasteiger partial charge in [-0.2, -0.15) is 0 Å². The Morgan fingerprint density at radius 3 is 2.48 bits per heavy atom. The van der Waals surface area contributed by atoms with Crippen LogP contribution in [-0.4, -0.2) is 9.97 Å². The highest BCUT2D eigenvalue weighted by Crippen LogP contribution is 2.30. The van der Waals surface area contributed by atoms with Crippen LogP contribution in [0.25, 0.3) is 33.1 Å². The zero-order valence-corrected chi connectivity index (χ0v) is 12.9. The summed E-state index contributed by atoms with van der Waals surface area (Å²) in [6.45, 7) is 3.92. The molecule has 1 aromatic heterocycles. The molecular formula is C21H18N2. The molecule has 0 aliphatic rings. The van der Waals surface area contributed by atoms with Crippen LogP contribution >= 0.6 is 0 Å². The molecule has 0 aliphatic heterocycles. The minimum Gasteiger partial charge on any atom is -0.248 e. The standard InChI is InChI=1S/C21H18N2/c1-14(2)19-20(16-9-4-3-5-10-16)22-18-13-12-15-8-6-7-11-17(15)21(18)23-19/h3-14H,1-2H3/i3D,4D,5D,9D,10D. The van der Waals surface area contributed by atoms with Gasteiger partial charge >= 0.3 is 0 Å². The molecule has 0 radical (unpaired) electrons. The van der Waals surface area contributed by atoms with Crippen molar-refractivity contribution < 1.29 is 6.85 Å². The maximum Gasteiger partial charge on any atom is 0.0969 e. The molecule has 0 spiro atoms. The van der Waals surface area contributed by atoms with Gasteiger partial charge in [0.25, 0.3) is 0 Å². The predicted molar refractivity (Wildman–Crippen MR) is 96.6 cm³/mol. The molecule has 112 valence electrons. The molecule has 4 rings (SSSR count). The zero-order chi connectivity index (χ0) is 20.2. The minimum absolute atomic E-state index is 0.0382. The molecule has 0 N–H and O–H groups in total. The number of hydrogen-bond acceptors (Lipinski definition) is 2. The Labute approximate surface area is 142 Å². The number of hydrogen-bond donors (Lipinski definition) is 0. The molecule has 2 nitrogen and oxygen atoms in total. The normalized spacial score (nSPS) is 14.5. The van der Waals surface area contributed by atoms with E-state index in [9.17, 15) is 0 Å². The highest BCUT2D eigenvalue weighted by Gasteiger charge is 2.15. The molecule has 0 atom stereocenters. The molecule has 2 heteroatoms. The summed E-state index contributed by atoms with van der Waals surface area (Å²) in [4.78, 5) is 9.56. The Kier molecular flexibility index (Phi) is 2.24. The molecular weight excluding hydrogens is 280 g/mol. The first-order chi connectivity index (χ1) is 13.3. The predicted octanol–water partition coefficient (Wildman–Crippen LogP) is 5.57. The summed E-state index contributed by atoms with van der Waals surface area (Å²) in [5, 5.41) is 2.02. The van der Waals surface area contributed by atoms with Crippen molar-refractivity contribution in [2.75, 3.05) is 0 Å². The quantitative estimate of drug-likeness (QED) is 0.452. The third kappa shape index (κ3) is 2.36. The van der Waals surface area contributed by atoms with Gasteiger partial charge in [0.2, 0.25) is 0 Å². The Hall–Kier alpha value is -2.74. The fourth-order valence-corrected chi connectivity index (χ4v) is 2.76. The van der Waals surface area contributed by atoms with Crippen molar-refractivity contribution in [3.63, 3.8) is 0 Å². The highest BCUT2D eigenvalue weighted by molar-refractivity contribution is 6.04. The second-order valence-electron chi connectivity index (χ2n) is 5.77. The van der Waals surface area contributed by atoms with Gasteiger partial charge in [0.15, 0.2) is 0 Å². The number of nitrogens with zero attached hydrogens (tertiary/aromatic N) is 2. The highest BCUT2D eigenvalue weighted by atomic mass is 14.8. The molecule has 0 unspecified atom stereocenters. The average molecular weight is 303 g/mol. The number of fused-ring (bicyclic) bond motifs is 3. The zero-order valence-electron chi connectivity index (χ0n) is 17.9. The van der Waals surface area contributed by atoms with Gasteiger partial charge in [-0.3, -0.25) is 0 Å². The molecule has 0 amide bonds. The van der Waals surface area contributed by atoms with Crippen molar-refractivity contribution in [2.24, 2.45) is 0 Å². The van der Waals surface area contributed by atoms with E-state index in [1.165, 1.54) is 0 Å². The van der Waals surface area contributed by atoms with Gasteiger partial charge in [-0.25, -0.2) is 9.97 Å². The van der Waals surface area contributed by atoms with E-state index in [0.717, 1.165) is 16.3 Å². The van der Waals surface area contributed by atoms with Crippen LogP contribution < -0.4 is 0 Å². The number of rotatable bonds is 2. The van der Waals surface area contributed by atoms with Gasteiger partial charge in [-0.1, -0.05) is 74.4 Å². The van der Waals surface area contributed by atoms with Crippen LogP contribution in [0.1, 0.15) is 32.3 Å². The van der Waals surface area contributed by atoms with E-state index in [-0.39, 0.29) is 35.7 Å². The average Bonchev–Trinajstić information content (AvgIpc) is 2.70. The number of benzene rings is 3. The van der Waals surface area contributed by atoms with Crippen molar-refractivity contribution >= 4 is 21.8 Å². The van der Waals surface area contributed by atoms with Gasteiger partial charge in [-0.05, 0) is 17.4 Å². The smallest absolute Gasteiger partial charge is 0.0969 e. The second kappa shape index (κ2) is 5.47. The summed E-state index contributed by atoms with van der Waals surface area (Å²) in [5.74, 6) is -0.0382. The monoisotopic (exact) mass is 303 g/mol. The molecule has 0 saturated carbocycles. The third-order valence-corrected chi connectivity index (χ3v) is 3.87. The van der Waals surface area contributed by atoms with Crippen LogP contribution in [0.3, 0.4) is 0 Å². The van der Waals surface area contributed by atoms with Crippen molar-refractivity contribution in [1.82, 2.24) is 9.97 Å². The van der Waals surface area contributed by atoms with E-state index >= 15 is 0 Å². The summed E-state index contributed by atoms with van der Waals surface area (Å²) in [6.07, 6.45) is 0. The first-order valence-electron chi connectivity index (χ1n) is 10.1. The summed E-state index contributed by atoms with van der Waals surface area (Å²) < 4.78 is 40.4. The topological polar surface area (TPSA) is 25.8 Å². The van der Waals surface area contributed by atoms with E-state index < -0.39 is 6.04 Å². The van der Waals surface area contributed by atoms with Crippen LogP contribution in [0, 0.1) is 0 Å². The lowest BCUT2D eigenvalue weighted by atomic mass is 10.0. The van der Waals surface area contributed by atoms with Crippen molar-refractivity contribution in [3.8, 4) is 11.3 Å². The van der Waals surface area contributed by atoms with Gasteiger partial charge < -0.3 is 0 Å². The Morgan fingerprint density at radius 2 is 1.70 bits per heavy atom. The van der Waals surface area contributed by atoms with E-state index in [4.69, 9.17) is 16.8 Å². The lowest BCUT2D eigenvalue weighted by molar-refractivity contribution is 0.826. The van der Waals surface area contributed by atoms with Crippen LogP contribution in [-0.2, 0) is 0 Å². The van der Waals surface area contributed by atoms with E-state index in [2.05, 4.69) is 0 Å². The van der Waals surface area contributed by atoms with Gasteiger partial charge in [0.05, 0.1) is 29.3 Å². The largest absolute Gasteiger partial charge is 0.248 e. The fraction of sp³-hybridized carbons (Fsp3) is 0.143. The van der Waals surface area contributed by atoms with E-state index in [1.54, 1.807) is 0 Å². The fourth-order valence-electron chi connectivity index (χ4n) is 2.76. The Bertz CT molecular complexity index is 1220. The second-order valence-corrected chi connectivity index (χ2v) is 5.77. The van der Waals surface area contributed by atoms with Crippen molar-refractivity contribution in [2.45, 2.75) is 19.8 Å². The summed E-state index contributed by atoms with van der Waals surface area (Å²) in [7, 11) is 0. The van der Waals surface area contributed by atoms with Crippen LogP contribution in [0.5, 0.6) is 0 Å². The van der Waals surface area contributed by atoms with Crippen LogP contribution in [0.15, 0.2) is 66.6 Å². The molecule has 23 heavy (non-hydrogen) atoms. The van der Waals surface area contributed by atoms with Gasteiger partial charge in [-0.15, -0.1) is 0 Å². The van der Waals surface area contributed by atoms with Gasteiger partial charge in [0, 0.05) is 10.9 Å². The summed E-state index contributed by atoms with van der Waals surface area (Å²) in [6, 6.07) is 10.0. The molecule has 1 heterocycles. The third-order valence-electron chi connectivity index (χ3n) is 3.87. The van der Waals surface area contributed by atoms with Crippen molar-refractivity contribution in [1.29, 1.82) is 0 Å². The van der Waals surface area contributed by atoms with Crippen LogP contribution in [0.4, 0.5) is 0 Å². The van der Waals surface area contributed by atoms with Gasteiger partial charge in [0.1, 0.15) is 0 Å². The SMILES string of the molecule is [2H]c1c([2H])c([2H])c(-c2nc3ccc4ccccc4c3nc2C(C)C)c([2H])c1[2H]. The van der Waals surface area contributed by atoms with Crippen molar-refractivity contribution in [3.05, 3.63) is 72.3 Å². The molecule has 4 aromatic rings. The van der Waals surface area contributed by atoms with E-state index in [0.29, 0.717) is 16.9 Å². The minimum atomic E-state index is -0.412. The van der Waals surface area contributed by atoms with Crippen LogP contribution in [0.2, 0.25) is 0 Å². The maximum atomic E-state index is 8.31. The maximum absolute atomic E-state index is 8.31.